The van der Waals surface area contributed by atoms with E-state index in [4.69, 9.17) is 9.72 Å². The standard InChI is InChI=1S/C20H23FN4OS/c1-12(2)17-10-27-20(24-17)13-5-4-6-25(9-13)19-14-7-18(26-3)15(21)8-16(14)22-11-23-19/h7-8,10-13H,4-6,9H2,1-3H3. The lowest BCUT2D eigenvalue weighted by molar-refractivity contribution is 0.387. The molecule has 0 N–H and O–H groups in total. The maximum Gasteiger partial charge on any atom is 0.167 e. The Balaban J connectivity index is 1.66. The van der Waals surface area contributed by atoms with Crippen molar-refractivity contribution in [3.63, 3.8) is 0 Å². The van der Waals surface area contributed by atoms with Crippen LogP contribution in [0, 0.1) is 5.82 Å². The third kappa shape index (κ3) is 3.48. The van der Waals surface area contributed by atoms with Gasteiger partial charge >= 0.3 is 0 Å². The zero-order valence-corrected chi connectivity index (χ0v) is 16.6. The van der Waals surface area contributed by atoms with Gasteiger partial charge in [-0.05, 0) is 24.8 Å². The highest BCUT2D eigenvalue weighted by Crippen LogP contribution is 2.35. The molecule has 0 amide bonds. The highest BCUT2D eigenvalue weighted by atomic mass is 32.1. The Morgan fingerprint density at radius 3 is 2.89 bits per heavy atom. The van der Waals surface area contributed by atoms with Gasteiger partial charge in [0, 0.05) is 35.8 Å². The highest BCUT2D eigenvalue weighted by Gasteiger charge is 2.26. The van der Waals surface area contributed by atoms with E-state index >= 15 is 0 Å². The van der Waals surface area contributed by atoms with Gasteiger partial charge in [0.2, 0.25) is 0 Å². The van der Waals surface area contributed by atoms with E-state index in [1.807, 2.05) is 0 Å². The number of halogens is 1. The van der Waals surface area contributed by atoms with Crippen molar-refractivity contribution >= 4 is 28.1 Å². The summed E-state index contributed by atoms with van der Waals surface area (Å²) in [5, 5.41) is 4.19. The number of anilines is 1. The largest absolute Gasteiger partial charge is 0.494 e. The monoisotopic (exact) mass is 386 g/mol. The zero-order valence-electron chi connectivity index (χ0n) is 15.8. The fourth-order valence-corrected chi connectivity index (χ4v) is 4.69. The molecular weight excluding hydrogens is 363 g/mol. The molecule has 0 radical (unpaired) electrons. The van der Waals surface area contributed by atoms with Gasteiger partial charge < -0.3 is 9.64 Å². The van der Waals surface area contributed by atoms with Gasteiger partial charge in [0.15, 0.2) is 11.6 Å². The maximum atomic E-state index is 14.0. The van der Waals surface area contributed by atoms with E-state index in [1.54, 1.807) is 17.4 Å². The van der Waals surface area contributed by atoms with E-state index < -0.39 is 5.82 Å². The fourth-order valence-electron chi connectivity index (χ4n) is 3.58. The van der Waals surface area contributed by atoms with Gasteiger partial charge in [0.25, 0.3) is 0 Å². The number of benzene rings is 1. The molecule has 1 aliphatic rings. The molecule has 7 heteroatoms. The van der Waals surface area contributed by atoms with Crippen molar-refractivity contribution in [3.05, 3.63) is 40.4 Å². The SMILES string of the molecule is COc1cc2c(N3CCCC(c4nc(C(C)C)cs4)C3)ncnc2cc1F. The summed E-state index contributed by atoms with van der Waals surface area (Å²) in [6, 6.07) is 3.11. The number of fused-ring (bicyclic) bond motifs is 1. The number of piperidine rings is 1. The lowest BCUT2D eigenvalue weighted by Gasteiger charge is -2.33. The van der Waals surface area contributed by atoms with E-state index in [0.29, 0.717) is 17.4 Å². The zero-order chi connectivity index (χ0) is 19.0. The number of hydrogen-bond donors (Lipinski definition) is 0. The van der Waals surface area contributed by atoms with Gasteiger partial charge in [-0.1, -0.05) is 13.8 Å². The summed E-state index contributed by atoms with van der Waals surface area (Å²) >= 11 is 1.75. The van der Waals surface area contributed by atoms with E-state index in [0.717, 1.165) is 37.1 Å². The summed E-state index contributed by atoms with van der Waals surface area (Å²) in [6.45, 7) is 6.12. The summed E-state index contributed by atoms with van der Waals surface area (Å²) in [5.41, 5.74) is 1.76. The topological polar surface area (TPSA) is 51.1 Å². The number of methoxy groups -OCH3 is 1. The number of rotatable bonds is 4. The van der Waals surface area contributed by atoms with E-state index in [2.05, 4.69) is 34.1 Å². The van der Waals surface area contributed by atoms with Crippen LogP contribution >= 0.6 is 11.3 Å². The van der Waals surface area contributed by atoms with Crippen molar-refractivity contribution in [2.45, 2.75) is 38.5 Å². The number of nitrogens with zero attached hydrogens (tertiary/aromatic N) is 4. The molecule has 1 atom stereocenters. The molecule has 1 fully saturated rings. The molecule has 27 heavy (non-hydrogen) atoms. The van der Waals surface area contributed by atoms with E-state index in [9.17, 15) is 4.39 Å². The lowest BCUT2D eigenvalue weighted by Crippen LogP contribution is -2.35. The minimum atomic E-state index is -0.407. The molecular formula is C20H23FN4OS. The van der Waals surface area contributed by atoms with Gasteiger partial charge in [0.1, 0.15) is 12.1 Å². The molecule has 5 nitrogen and oxygen atoms in total. The van der Waals surface area contributed by atoms with Crippen LogP contribution < -0.4 is 9.64 Å². The van der Waals surface area contributed by atoms with Gasteiger partial charge in [-0.2, -0.15) is 0 Å². The molecule has 0 aliphatic carbocycles. The second-order valence-corrected chi connectivity index (χ2v) is 8.14. The summed E-state index contributed by atoms with van der Waals surface area (Å²) in [5.74, 6) is 1.49. The Morgan fingerprint density at radius 1 is 1.30 bits per heavy atom. The molecule has 3 aromatic rings. The van der Waals surface area contributed by atoms with Crippen molar-refractivity contribution in [1.29, 1.82) is 0 Å². The van der Waals surface area contributed by atoms with Crippen molar-refractivity contribution in [2.75, 3.05) is 25.1 Å². The predicted octanol–water partition coefficient (Wildman–Crippen LogP) is 4.74. The van der Waals surface area contributed by atoms with Crippen LogP contribution in [0.25, 0.3) is 10.9 Å². The quantitative estimate of drug-likeness (QED) is 0.648. The molecule has 1 aromatic carbocycles. The Morgan fingerprint density at radius 2 is 2.15 bits per heavy atom. The Kier molecular flexibility index (Phi) is 4.95. The number of thiazole rings is 1. The second-order valence-electron chi connectivity index (χ2n) is 7.25. The first-order valence-corrected chi connectivity index (χ1v) is 10.1. The molecule has 1 saturated heterocycles. The summed E-state index contributed by atoms with van der Waals surface area (Å²) in [7, 11) is 1.47. The Bertz CT molecular complexity index is 958. The first kappa shape index (κ1) is 18.1. The van der Waals surface area contributed by atoms with Crippen molar-refractivity contribution in [3.8, 4) is 5.75 Å². The number of hydrogen-bond acceptors (Lipinski definition) is 6. The molecule has 1 unspecified atom stereocenters. The van der Waals surface area contributed by atoms with Crippen LogP contribution in [-0.2, 0) is 0 Å². The highest BCUT2D eigenvalue weighted by molar-refractivity contribution is 7.09. The molecule has 0 bridgehead atoms. The first-order chi connectivity index (χ1) is 13.1. The number of aromatic nitrogens is 3. The summed E-state index contributed by atoms with van der Waals surface area (Å²) in [4.78, 5) is 15.9. The Hall–Kier alpha value is -2.28. The van der Waals surface area contributed by atoms with Gasteiger partial charge in [0.05, 0.1) is 23.3 Å². The minimum Gasteiger partial charge on any atom is -0.494 e. The van der Waals surface area contributed by atoms with Crippen LogP contribution in [0.4, 0.5) is 10.2 Å². The minimum absolute atomic E-state index is 0.216. The predicted molar refractivity (Wildman–Crippen MR) is 106 cm³/mol. The average molecular weight is 386 g/mol. The summed E-state index contributed by atoms with van der Waals surface area (Å²) in [6.07, 6.45) is 3.71. The van der Waals surface area contributed by atoms with Gasteiger partial charge in [-0.15, -0.1) is 11.3 Å². The molecule has 4 rings (SSSR count). The maximum absolute atomic E-state index is 14.0. The fraction of sp³-hybridized carbons (Fsp3) is 0.450. The number of ether oxygens (including phenoxy) is 1. The molecule has 0 saturated carbocycles. The van der Waals surface area contributed by atoms with Crippen molar-refractivity contribution in [1.82, 2.24) is 15.0 Å². The normalized spacial score (nSPS) is 17.7. The van der Waals surface area contributed by atoms with E-state index in [1.165, 1.54) is 30.2 Å². The van der Waals surface area contributed by atoms with Gasteiger partial charge in [-0.3, -0.25) is 0 Å². The molecule has 0 spiro atoms. The molecule has 1 aliphatic heterocycles. The first-order valence-electron chi connectivity index (χ1n) is 9.25. The van der Waals surface area contributed by atoms with Crippen LogP contribution in [0.1, 0.15) is 49.2 Å². The lowest BCUT2D eigenvalue weighted by atomic mass is 9.98. The third-order valence-electron chi connectivity index (χ3n) is 5.09. The molecule has 3 heterocycles. The molecule has 142 valence electrons. The van der Waals surface area contributed by atoms with Crippen molar-refractivity contribution in [2.24, 2.45) is 0 Å². The van der Waals surface area contributed by atoms with Crippen LogP contribution in [0.3, 0.4) is 0 Å². The van der Waals surface area contributed by atoms with Crippen LogP contribution in [-0.4, -0.2) is 35.2 Å². The van der Waals surface area contributed by atoms with Crippen LogP contribution in [0.5, 0.6) is 5.75 Å². The molecule has 2 aromatic heterocycles. The van der Waals surface area contributed by atoms with E-state index in [-0.39, 0.29) is 5.75 Å². The van der Waals surface area contributed by atoms with Gasteiger partial charge in [-0.25, -0.2) is 19.3 Å². The van der Waals surface area contributed by atoms with Crippen molar-refractivity contribution < 1.29 is 9.13 Å². The Labute approximate surface area is 162 Å². The third-order valence-corrected chi connectivity index (χ3v) is 6.11. The second kappa shape index (κ2) is 7.38. The van der Waals surface area contributed by atoms with Crippen LogP contribution in [0.15, 0.2) is 23.8 Å². The summed E-state index contributed by atoms with van der Waals surface area (Å²) < 4.78 is 19.2. The average Bonchev–Trinajstić information content (AvgIpc) is 3.17. The van der Waals surface area contributed by atoms with Crippen LogP contribution in [0.2, 0.25) is 0 Å². The smallest absolute Gasteiger partial charge is 0.167 e.